The van der Waals surface area contributed by atoms with Gasteiger partial charge in [-0.1, -0.05) is 0 Å². The van der Waals surface area contributed by atoms with Gasteiger partial charge in [0.1, 0.15) is 6.10 Å². The second-order valence-corrected chi connectivity index (χ2v) is 4.07. The van der Waals surface area contributed by atoms with Crippen LogP contribution in [0.5, 0.6) is 17.2 Å². The molecular weight excluding hydrogens is 272 g/mol. The summed E-state index contributed by atoms with van der Waals surface area (Å²) in [7, 11) is 4.49. The Hall–Kier alpha value is -1.60. The molecule has 5 nitrogen and oxygen atoms in total. The van der Waals surface area contributed by atoms with Gasteiger partial charge >= 0.3 is 0 Å². The van der Waals surface area contributed by atoms with Crippen LogP contribution >= 0.6 is 0 Å². The van der Waals surface area contributed by atoms with Gasteiger partial charge in [0.25, 0.3) is 6.43 Å². The number of nitrogens with one attached hydrogen (secondary N) is 1. The summed E-state index contributed by atoms with van der Waals surface area (Å²) in [5, 5.41) is 11.7. The van der Waals surface area contributed by atoms with E-state index in [0.29, 0.717) is 23.8 Å². The zero-order chi connectivity index (χ0) is 15.1. The predicted molar refractivity (Wildman–Crippen MR) is 69.8 cm³/mol. The first kappa shape index (κ1) is 16.5. The zero-order valence-corrected chi connectivity index (χ0v) is 11.7. The maximum atomic E-state index is 12.1. The van der Waals surface area contributed by atoms with Crippen molar-refractivity contribution in [2.45, 2.75) is 19.1 Å². The van der Waals surface area contributed by atoms with Crippen molar-refractivity contribution in [3.05, 3.63) is 17.7 Å². The van der Waals surface area contributed by atoms with Crippen LogP contribution in [0.1, 0.15) is 5.56 Å². The molecule has 1 aromatic carbocycles. The molecule has 0 bridgehead atoms. The Morgan fingerprint density at radius 3 is 2.05 bits per heavy atom. The summed E-state index contributed by atoms with van der Waals surface area (Å²) >= 11 is 0. The van der Waals surface area contributed by atoms with E-state index >= 15 is 0 Å². The van der Waals surface area contributed by atoms with Crippen molar-refractivity contribution in [1.29, 1.82) is 0 Å². The summed E-state index contributed by atoms with van der Waals surface area (Å²) in [6.07, 6.45) is -4.44. The van der Waals surface area contributed by atoms with Crippen LogP contribution in [0.3, 0.4) is 0 Å². The zero-order valence-electron chi connectivity index (χ0n) is 11.7. The van der Waals surface area contributed by atoms with E-state index in [2.05, 4.69) is 5.32 Å². The number of hydrogen-bond donors (Lipinski definition) is 2. The smallest absolute Gasteiger partial charge is 0.265 e. The van der Waals surface area contributed by atoms with E-state index in [1.165, 1.54) is 21.3 Å². The van der Waals surface area contributed by atoms with E-state index in [1.54, 1.807) is 12.1 Å². The summed E-state index contributed by atoms with van der Waals surface area (Å²) in [6, 6.07) is 3.42. The number of halogens is 2. The van der Waals surface area contributed by atoms with Crippen LogP contribution in [0.15, 0.2) is 12.1 Å². The summed E-state index contributed by atoms with van der Waals surface area (Å²) < 4.78 is 39.8. The van der Waals surface area contributed by atoms with Gasteiger partial charge in [-0.05, 0) is 17.7 Å². The minimum absolute atomic E-state index is 0.200. The highest BCUT2D eigenvalue weighted by atomic mass is 19.3. The average molecular weight is 291 g/mol. The lowest BCUT2D eigenvalue weighted by molar-refractivity contribution is -0.00341. The number of aliphatic hydroxyl groups is 1. The molecule has 0 radical (unpaired) electrons. The molecule has 0 heterocycles. The van der Waals surface area contributed by atoms with Gasteiger partial charge < -0.3 is 24.6 Å². The largest absolute Gasteiger partial charge is 0.493 e. The van der Waals surface area contributed by atoms with Gasteiger partial charge in [0, 0.05) is 13.1 Å². The number of rotatable bonds is 8. The van der Waals surface area contributed by atoms with Gasteiger partial charge in [0.05, 0.1) is 21.3 Å². The van der Waals surface area contributed by atoms with Crippen molar-refractivity contribution in [2.24, 2.45) is 0 Å². The monoisotopic (exact) mass is 291 g/mol. The molecule has 7 heteroatoms. The second-order valence-electron chi connectivity index (χ2n) is 4.07. The minimum Gasteiger partial charge on any atom is -0.493 e. The second kappa shape index (κ2) is 7.86. The molecule has 0 aromatic heterocycles. The first-order chi connectivity index (χ1) is 9.53. The van der Waals surface area contributed by atoms with E-state index < -0.39 is 12.5 Å². The van der Waals surface area contributed by atoms with Crippen molar-refractivity contribution in [3.8, 4) is 17.2 Å². The number of benzene rings is 1. The SMILES string of the molecule is COc1cc(CNCC(O)C(F)F)cc(OC)c1OC. The van der Waals surface area contributed by atoms with Crippen LogP contribution in [0.2, 0.25) is 0 Å². The standard InChI is InChI=1S/C13H19F2NO4/c1-18-10-4-8(5-11(19-2)12(10)20-3)6-16-7-9(17)13(14)15/h4-5,9,13,16-17H,6-7H2,1-3H3. The lowest BCUT2D eigenvalue weighted by atomic mass is 10.1. The van der Waals surface area contributed by atoms with Crippen LogP contribution in [0.25, 0.3) is 0 Å². The summed E-state index contributed by atoms with van der Waals surface area (Å²) in [6.45, 7) is 0.0921. The van der Waals surface area contributed by atoms with Gasteiger partial charge in [0.15, 0.2) is 11.5 Å². The lowest BCUT2D eigenvalue weighted by Crippen LogP contribution is -2.31. The highest BCUT2D eigenvalue weighted by Crippen LogP contribution is 2.38. The summed E-state index contributed by atoms with van der Waals surface area (Å²) in [5.74, 6) is 1.43. The van der Waals surface area contributed by atoms with E-state index in [-0.39, 0.29) is 6.54 Å². The third-order valence-electron chi connectivity index (χ3n) is 2.70. The number of methoxy groups -OCH3 is 3. The molecular formula is C13H19F2NO4. The fourth-order valence-electron chi connectivity index (χ4n) is 1.69. The highest BCUT2D eigenvalue weighted by Gasteiger charge is 2.17. The maximum Gasteiger partial charge on any atom is 0.265 e. The Morgan fingerprint density at radius 1 is 1.10 bits per heavy atom. The quantitative estimate of drug-likeness (QED) is 0.759. The molecule has 2 N–H and O–H groups in total. The Labute approximate surface area is 116 Å². The van der Waals surface area contributed by atoms with E-state index in [4.69, 9.17) is 19.3 Å². The molecule has 1 rings (SSSR count). The fourth-order valence-corrected chi connectivity index (χ4v) is 1.69. The third-order valence-corrected chi connectivity index (χ3v) is 2.70. The van der Waals surface area contributed by atoms with Crippen molar-refractivity contribution in [2.75, 3.05) is 27.9 Å². The minimum atomic E-state index is -2.76. The number of hydrogen-bond acceptors (Lipinski definition) is 5. The molecule has 0 aliphatic rings. The molecule has 1 aromatic rings. The number of ether oxygens (including phenoxy) is 3. The Kier molecular flexibility index (Phi) is 6.47. The molecule has 0 aliphatic carbocycles. The molecule has 114 valence electrons. The van der Waals surface area contributed by atoms with Gasteiger partial charge in [-0.2, -0.15) is 0 Å². The van der Waals surface area contributed by atoms with Crippen molar-refractivity contribution in [3.63, 3.8) is 0 Å². The normalized spacial score (nSPS) is 12.3. The molecule has 0 amide bonds. The lowest BCUT2D eigenvalue weighted by Gasteiger charge is -2.15. The topological polar surface area (TPSA) is 60.0 Å². The molecule has 20 heavy (non-hydrogen) atoms. The molecule has 0 saturated heterocycles. The third kappa shape index (κ3) is 4.21. The van der Waals surface area contributed by atoms with Gasteiger partial charge in [-0.15, -0.1) is 0 Å². The Bertz CT molecular complexity index is 404. The van der Waals surface area contributed by atoms with E-state index in [9.17, 15) is 8.78 Å². The van der Waals surface area contributed by atoms with Crippen molar-refractivity contribution < 1.29 is 28.1 Å². The van der Waals surface area contributed by atoms with Gasteiger partial charge in [0.2, 0.25) is 5.75 Å². The van der Waals surface area contributed by atoms with Crippen LogP contribution in [0, 0.1) is 0 Å². The average Bonchev–Trinajstić information content (AvgIpc) is 2.45. The van der Waals surface area contributed by atoms with Crippen LogP contribution in [0.4, 0.5) is 8.78 Å². The van der Waals surface area contributed by atoms with Crippen molar-refractivity contribution in [1.82, 2.24) is 5.32 Å². The van der Waals surface area contributed by atoms with E-state index in [1.807, 2.05) is 0 Å². The van der Waals surface area contributed by atoms with Gasteiger partial charge in [-0.25, -0.2) is 8.78 Å². The van der Waals surface area contributed by atoms with Crippen LogP contribution < -0.4 is 19.5 Å². The van der Waals surface area contributed by atoms with Crippen molar-refractivity contribution >= 4 is 0 Å². The number of aliphatic hydroxyl groups excluding tert-OH is 1. The summed E-state index contributed by atoms with van der Waals surface area (Å²) in [4.78, 5) is 0. The molecule has 0 aliphatic heterocycles. The van der Waals surface area contributed by atoms with Gasteiger partial charge in [-0.3, -0.25) is 0 Å². The van der Waals surface area contributed by atoms with E-state index in [0.717, 1.165) is 5.56 Å². The Morgan fingerprint density at radius 2 is 1.65 bits per heavy atom. The predicted octanol–water partition coefficient (Wildman–Crippen LogP) is 1.43. The first-order valence-corrected chi connectivity index (χ1v) is 5.99. The van der Waals surface area contributed by atoms with Crippen LogP contribution in [-0.2, 0) is 6.54 Å². The Balaban J connectivity index is 2.76. The van der Waals surface area contributed by atoms with Crippen LogP contribution in [-0.4, -0.2) is 45.5 Å². The molecule has 1 unspecified atom stereocenters. The maximum absolute atomic E-state index is 12.1. The fraction of sp³-hybridized carbons (Fsp3) is 0.538. The summed E-state index contributed by atoms with van der Waals surface area (Å²) in [5.41, 5.74) is 0.765. The molecule has 0 fully saturated rings. The molecule has 1 atom stereocenters. The first-order valence-electron chi connectivity index (χ1n) is 5.99. The molecule has 0 saturated carbocycles. The highest BCUT2D eigenvalue weighted by molar-refractivity contribution is 5.53. The molecule has 0 spiro atoms. The number of alkyl halides is 2.